The van der Waals surface area contributed by atoms with Gasteiger partial charge in [0, 0.05) is 48.2 Å². The van der Waals surface area contributed by atoms with Crippen LogP contribution in [0.4, 0.5) is 5.82 Å². The Labute approximate surface area is 182 Å². The third kappa shape index (κ3) is 5.32. The van der Waals surface area contributed by atoms with Crippen molar-refractivity contribution in [2.45, 2.75) is 13.0 Å². The Kier molecular flexibility index (Phi) is 6.64. The van der Waals surface area contributed by atoms with E-state index in [1.807, 2.05) is 42.5 Å². The van der Waals surface area contributed by atoms with Gasteiger partial charge in [0.05, 0.1) is 18.3 Å². The normalized spacial score (nSPS) is 11.1. The Morgan fingerprint density at radius 2 is 1.81 bits per heavy atom. The number of hydrogen-bond acceptors (Lipinski definition) is 7. The van der Waals surface area contributed by atoms with Gasteiger partial charge in [-0.05, 0) is 50.8 Å². The lowest BCUT2D eigenvalue weighted by Crippen LogP contribution is -2.16. The minimum absolute atomic E-state index is 0.568. The van der Waals surface area contributed by atoms with Gasteiger partial charge in [0.25, 0.3) is 0 Å². The number of benzene rings is 1. The van der Waals surface area contributed by atoms with E-state index in [0.29, 0.717) is 19.0 Å². The van der Waals surface area contributed by atoms with E-state index in [9.17, 15) is 0 Å². The molecule has 31 heavy (non-hydrogen) atoms. The molecule has 0 saturated heterocycles. The first-order valence-corrected chi connectivity index (χ1v) is 10.3. The average Bonchev–Trinajstić information content (AvgIpc) is 2.81. The summed E-state index contributed by atoms with van der Waals surface area (Å²) in [5, 5.41) is 4.45. The van der Waals surface area contributed by atoms with Crippen molar-refractivity contribution in [2.24, 2.45) is 0 Å². The predicted molar refractivity (Wildman–Crippen MR) is 123 cm³/mol. The highest BCUT2D eigenvalue weighted by Gasteiger charge is 2.11. The number of pyridine rings is 2. The molecule has 7 nitrogen and oxygen atoms in total. The van der Waals surface area contributed by atoms with Crippen LogP contribution < -0.4 is 10.1 Å². The predicted octanol–water partition coefficient (Wildman–Crippen LogP) is 4.03. The fraction of sp³-hybridized carbons (Fsp3) is 0.250. The summed E-state index contributed by atoms with van der Waals surface area (Å²) >= 11 is 0. The highest BCUT2D eigenvalue weighted by atomic mass is 16.5. The number of aromatic nitrogens is 4. The van der Waals surface area contributed by atoms with Crippen LogP contribution in [0, 0.1) is 0 Å². The average molecular weight is 415 g/mol. The highest BCUT2D eigenvalue weighted by molar-refractivity contribution is 5.90. The van der Waals surface area contributed by atoms with Crippen molar-refractivity contribution < 1.29 is 4.74 Å². The zero-order valence-corrected chi connectivity index (χ0v) is 17.8. The Bertz CT molecular complexity index is 1130. The molecule has 0 unspecified atom stereocenters. The standard InChI is InChI=1S/C24H26N6O/c1-30(2)13-6-14-31-22-17-26-12-10-18(22)16-27-24-20-8-3-4-9-21(20)28-23(29-24)19-7-5-11-25-15-19/h3-5,7-12,15,17H,6,13-14,16H2,1-2H3,(H,27,28,29). The van der Waals surface area contributed by atoms with Crippen LogP contribution in [0.5, 0.6) is 5.75 Å². The van der Waals surface area contributed by atoms with E-state index >= 15 is 0 Å². The summed E-state index contributed by atoms with van der Waals surface area (Å²) in [6.45, 7) is 2.20. The molecule has 0 fully saturated rings. The largest absolute Gasteiger partial charge is 0.492 e. The minimum atomic E-state index is 0.568. The van der Waals surface area contributed by atoms with E-state index in [4.69, 9.17) is 14.7 Å². The Morgan fingerprint density at radius 1 is 0.935 bits per heavy atom. The summed E-state index contributed by atoms with van der Waals surface area (Å²) in [5.41, 5.74) is 2.80. The fourth-order valence-electron chi connectivity index (χ4n) is 3.26. The lowest BCUT2D eigenvalue weighted by Gasteiger charge is -2.14. The second-order valence-electron chi connectivity index (χ2n) is 7.50. The maximum absolute atomic E-state index is 5.99. The lowest BCUT2D eigenvalue weighted by molar-refractivity contribution is 0.279. The first kappa shape index (κ1) is 20.7. The van der Waals surface area contributed by atoms with Crippen LogP contribution in [0.1, 0.15) is 12.0 Å². The molecule has 3 aromatic heterocycles. The topological polar surface area (TPSA) is 76.1 Å². The summed E-state index contributed by atoms with van der Waals surface area (Å²) in [5.74, 6) is 2.21. The van der Waals surface area contributed by atoms with Gasteiger partial charge in [0.2, 0.25) is 0 Å². The SMILES string of the molecule is CN(C)CCCOc1cnccc1CNc1nc(-c2cccnc2)nc2ccccc12. The van der Waals surface area contributed by atoms with Crippen LogP contribution in [0.3, 0.4) is 0 Å². The Morgan fingerprint density at radius 3 is 2.65 bits per heavy atom. The maximum Gasteiger partial charge on any atom is 0.163 e. The number of ether oxygens (including phenoxy) is 1. The van der Waals surface area contributed by atoms with Crippen molar-refractivity contribution in [3.63, 3.8) is 0 Å². The number of nitrogens with zero attached hydrogens (tertiary/aromatic N) is 5. The van der Waals surface area contributed by atoms with Crippen LogP contribution in [0.25, 0.3) is 22.3 Å². The van der Waals surface area contributed by atoms with E-state index in [1.165, 1.54) is 0 Å². The van der Waals surface area contributed by atoms with Gasteiger partial charge in [-0.2, -0.15) is 0 Å². The molecular formula is C24H26N6O. The van der Waals surface area contributed by atoms with E-state index in [1.54, 1.807) is 24.8 Å². The molecule has 0 radical (unpaired) electrons. The van der Waals surface area contributed by atoms with Crippen molar-refractivity contribution >= 4 is 16.7 Å². The molecule has 4 rings (SSSR count). The molecule has 1 aromatic carbocycles. The molecule has 0 saturated carbocycles. The van der Waals surface area contributed by atoms with E-state index in [2.05, 4.69) is 34.3 Å². The molecular weight excluding hydrogens is 388 g/mol. The van der Waals surface area contributed by atoms with Crippen molar-refractivity contribution in [2.75, 3.05) is 32.6 Å². The quantitative estimate of drug-likeness (QED) is 0.414. The van der Waals surface area contributed by atoms with Crippen LogP contribution in [-0.2, 0) is 6.54 Å². The summed E-state index contributed by atoms with van der Waals surface area (Å²) in [6.07, 6.45) is 8.03. The van der Waals surface area contributed by atoms with Crippen molar-refractivity contribution in [1.29, 1.82) is 0 Å². The number of rotatable bonds is 9. The first-order valence-electron chi connectivity index (χ1n) is 10.3. The summed E-state index contributed by atoms with van der Waals surface area (Å²) < 4.78 is 5.99. The summed E-state index contributed by atoms with van der Waals surface area (Å²) in [4.78, 5) is 20.1. The van der Waals surface area contributed by atoms with Crippen molar-refractivity contribution in [3.05, 3.63) is 72.8 Å². The van der Waals surface area contributed by atoms with Crippen LogP contribution >= 0.6 is 0 Å². The third-order valence-electron chi connectivity index (χ3n) is 4.85. The molecule has 0 aliphatic rings. The number of fused-ring (bicyclic) bond motifs is 1. The first-order chi connectivity index (χ1) is 15.2. The highest BCUT2D eigenvalue weighted by Crippen LogP contribution is 2.26. The molecule has 0 atom stereocenters. The maximum atomic E-state index is 5.99. The molecule has 0 bridgehead atoms. The molecule has 0 aliphatic heterocycles. The van der Waals surface area contributed by atoms with E-state index < -0.39 is 0 Å². The van der Waals surface area contributed by atoms with Crippen LogP contribution in [0.2, 0.25) is 0 Å². The Balaban J connectivity index is 1.56. The van der Waals surface area contributed by atoms with Gasteiger partial charge in [0.15, 0.2) is 5.82 Å². The zero-order chi connectivity index (χ0) is 21.5. The fourth-order valence-corrected chi connectivity index (χ4v) is 3.26. The number of anilines is 1. The van der Waals surface area contributed by atoms with E-state index in [0.717, 1.165) is 46.6 Å². The molecule has 4 aromatic rings. The summed E-state index contributed by atoms with van der Waals surface area (Å²) in [7, 11) is 4.12. The van der Waals surface area contributed by atoms with Gasteiger partial charge in [-0.3, -0.25) is 9.97 Å². The molecule has 7 heteroatoms. The number of nitrogens with one attached hydrogen (secondary N) is 1. The number of para-hydroxylation sites is 1. The van der Waals surface area contributed by atoms with Gasteiger partial charge in [-0.25, -0.2) is 9.97 Å². The Hall–Kier alpha value is -3.58. The molecule has 0 amide bonds. The van der Waals surface area contributed by atoms with Gasteiger partial charge in [-0.1, -0.05) is 12.1 Å². The third-order valence-corrected chi connectivity index (χ3v) is 4.85. The van der Waals surface area contributed by atoms with Gasteiger partial charge >= 0.3 is 0 Å². The van der Waals surface area contributed by atoms with Gasteiger partial charge in [-0.15, -0.1) is 0 Å². The van der Waals surface area contributed by atoms with Crippen LogP contribution in [-0.4, -0.2) is 52.1 Å². The second kappa shape index (κ2) is 9.95. The molecule has 0 spiro atoms. The molecule has 0 aliphatic carbocycles. The monoisotopic (exact) mass is 414 g/mol. The number of hydrogen-bond donors (Lipinski definition) is 1. The second-order valence-corrected chi connectivity index (χ2v) is 7.50. The molecule has 3 heterocycles. The van der Waals surface area contributed by atoms with Crippen molar-refractivity contribution in [3.8, 4) is 17.1 Å². The summed E-state index contributed by atoms with van der Waals surface area (Å²) in [6, 6.07) is 13.8. The zero-order valence-electron chi connectivity index (χ0n) is 17.8. The van der Waals surface area contributed by atoms with Gasteiger partial charge in [0.1, 0.15) is 11.6 Å². The van der Waals surface area contributed by atoms with E-state index in [-0.39, 0.29) is 0 Å². The minimum Gasteiger partial charge on any atom is -0.492 e. The van der Waals surface area contributed by atoms with Crippen molar-refractivity contribution in [1.82, 2.24) is 24.8 Å². The molecule has 1 N–H and O–H groups in total. The lowest BCUT2D eigenvalue weighted by atomic mass is 10.2. The smallest absolute Gasteiger partial charge is 0.163 e. The molecule has 158 valence electrons. The van der Waals surface area contributed by atoms with Crippen LogP contribution in [0.15, 0.2) is 67.3 Å². The van der Waals surface area contributed by atoms with Gasteiger partial charge < -0.3 is 15.0 Å².